The van der Waals surface area contributed by atoms with Crippen molar-refractivity contribution in [1.29, 1.82) is 0 Å². The van der Waals surface area contributed by atoms with Crippen LogP contribution in [-0.2, 0) is 33.9 Å². The van der Waals surface area contributed by atoms with Crippen LogP contribution in [-0.4, -0.2) is 103 Å². The van der Waals surface area contributed by atoms with Crippen molar-refractivity contribution in [3.8, 4) is 5.88 Å². The predicted molar refractivity (Wildman–Crippen MR) is 196 cm³/mol. The highest BCUT2D eigenvalue weighted by Gasteiger charge is 2.62. The predicted octanol–water partition coefficient (Wildman–Crippen LogP) is 3.31. The molecule has 0 bridgehead atoms. The zero-order valence-electron chi connectivity index (χ0n) is 30.9. The number of sulfonamides is 1. The van der Waals surface area contributed by atoms with Crippen LogP contribution in [0.1, 0.15) is 67.2 Å². The molecule has 3 amide bonds. The number of benzene rings is 1. The molecule has 2 saturated carbocycles. The lowest BCUT2D eigenvalue weighted by molar-refractivity contribution is -0.137. The van der Waals surface area contributed by atoms with Crippen LogP contribution in [0.15, 0.2) is 47.7 Å². The molecule has 282 valence electrons. The van der Waals surface area contributed by atoms with Crippen molar-refractivity contribution < 1.29 is 37.0 Å². The standard InChI is InChI=1S/C37H50N6O8S/c1-23-19-37(23,34(46)41-52(47,48)36(7)12-13-36)40-31(44)29-18-26(21-43(29)33(45)24(2)39-25(3)51-35(4,5)6)22-50-32-28-11-9-8-10-27(28)30(20-38-32)42-14-16-49-17-15-42/h8-11,20,23,26,29H,2,12-19,21-22H2,1,3-7H3,(H,40,44)(H,41,46). The van der Waals surface area contributed by atoms with E-state index in [1.807, 2.05) is 45.0 Å². The maximum Gasteiger partial charge on any atom is 0.272 e. The number of amides is 3. The summed E-state index contributed by atoms with van der Waals surface area (Å²) in [7, 11) is -3.92. The average Bonchev–Trinajstić information content (AvgIpc) is 3.94. The number of pyridine rings is 1. The van der Waals surface area contributed by atoms with E-state index in [0.717, 1.165) is 29.5 Å². The molecule has 15 heteroatoms. The third-order valence-electron chi connectivity index (χ3n) is 10.4. The van der Waals surface area contributed by atoms with Gasteiger partial charge in [-0.25, -0.2) is 18.4 Å². The number of likely N-dealkylation sites (tertiary alicyclic amines) is 1. The van der Waals surface area contributed by atoms with Gasteiger partial charge in [0.15, 0.2) is 5.90 Å². The van der Waals surface area contributed by atoms with Crippen molar-refractivity contribution >= 4 is 50.1 Å². The van der Waals surface area contributed by atoms with Gasteiger partial charge < -0.3 is 29.3 Å². The lowest BCUT2D eigenvalue weighted by atomic mass is 10.1. The molecule has 52 heavy (non-hydrogen) atoms. The van der Waals surface area contributed by atoms with Crippen molar-refractivity contribution in [2.45, 2.75) is 89.2 Å². The fraction of sp³-hybridized carbons (Fsp3) is 0.595. The van der Waals surface area contributed by atoms with E-state index in [4.69, 9.17) is 14.2 Å². The third kappa shape index (κ3) is 7.75. The van der Waals surface area contributed by atoms with Crippen LogP contribution in [0.25, 0.3) is 10.8 Å². The number of anilines is 1. The fourth-order valence-electron chi connectivity index (χ4n) is 6.96. The molecule has 0 radical (unpaired) electrons. The first-order chi connectivity index (χ1) is 24.4. The number of ether oxygens (including phenoxy) is 3. The Morgan fingerprint density at radius 3 is 2.40 bits per heavy atom. The summed E-state index contributed by atoms with van der Waals surface area (Å²) in [5.41, 5.74) is -1.06. The smallest absolute Gasteiger partial charge is 0.272 e. The van der Waals surface area contributed by atoms with E-state index < -0.39 is 49.7 Å². The average molecular weight is 739 g/mol. The normalized spacial score (nSPS) is 25.7. The number of aromatic nitrogens is 1. The number of rotatable bonds is 11. The zero-order valence-corrected chi connectivity index (χ0v) is 31.7. The lowest BCUT2D eigenvalue weighted by Gasteiger charge is -2.29. The maximum atomic E-state index is 14.1. The fourth-order valence-corrected chi connectivity index (χ4v) is 8.27. The van der Waals surface area contributed by atoms with Gasteiger partial charge in [-0.15, -0.1) is 0 Å². The molecule has 2 aromatic rings. The number of nitrogens with zero attached hydrogens (tertiary/aromatic N) is 4. The molecule has 14 nitrogen and oxygen atoms in total. The van der Waals surface area contributed by atoms with Crippen LogP contribution in [0.2, 0.25) is 0 Å². The number of hydrogen-bond acceptors (Lipinski definition) is 11. The molecule has 4 unspecified atom stereocenters. The van der Waals surface area contributed by atoms with Gasteiger partial charge in [-0.2, -0.15) is 0 Å². The Morgan fingerprint density at radius 1 is 1.13 bits per heavy atom. The van der Waals surface area contributed by atoms with Crippen LogP contribution in [0.4, 0.5) is 5.69 Å². The summed E-state index contributed by atoms with van der Waals surface area (Å²) in [5.74, 6) is -1.81. The molecular weight excluding hydrogens is 689 g/mol. The minimum Gasteiger partial charge on any atom is -0.477 e. The molecule has 2 saturated heterocycles. The SMILES string of the molecule is C=C(N=C(C)OC(C)(C)C)C(=O)N1CC(COc2ncc(N3CCOCC3)c3ccccc23)CC1C(=O)NC1(C(=O)NS(=O)(=O)C2(C)CC2)CC1C. The maximum absolute atomic E-state index is 14.1. The molecule has 3 heterocycles. The second kappa shape index (κ2) is 14.0. The third-order valence-corrected chi connectivity index (χ3v) is 12.5. The summed E-state index contributed by atoms with van der Waals surface area (Å²) in [6.07, 6.45) is 3.22. The van der Waals surface area contributed by atoms with E-state index in [1.54, 1.807) is 27.0 Å². The van der Waals surface area contributed by atoms with E-state index >= 15 is 0 Å². The zero-order chi connectivity index (χ0) is 37.6. The first-order valence-electron chi connectivity index (χ1n) is 17.9. The van der Waals surface area contributed by atoms with Gasteiger partial charge in [-0.3, -0.25) is 19.1 Å². The van der Waals surface area contributed by atoms with Gasteiger partial charge in [0.2, 0.25) is 21.8 Å². The van der Waals surface area contributed by atoms with Gasteiger partial charge in [0.05, 0.1) is 36.5 Å². The topological polar surface area (TPSA) is 169 Å². The van der Waals surface area contributed by atoms with Crippen molar-refractivity contribution in [2.24, 2.45) is 16.8 Å². The Bertz CT molecular complexity index is 1900. The molecule has 0 spiro atoms. The minimum absolute atomic E-state index is 0.108. The number of carbonyl (C=O) groups is 3. The number of fused-ring (bicyclic) bond motifs is 1. The second-order valence-electron chi connectivity index (χ2n) is 15.7. The van der Waals surface area contributed by atoms with Crippen molar-refractivity contribution in [3.63, 3.8) is 0 Å². The summed E-state index contributed by atoms with van der Waals surface area (Å²) in [4.78, 5) is 54.0. The van der Waals surface area contributed by atoms with Gasteiger partial charge in [0.25, 0.3) is 11.8 Å². The van der Waals surface area contributed by atoms with Gasteiger partial charge in [-0.05, 0) is 65.4 Å². The molecule has 4 fully saturated rings. The summed E-state index contributed by atoms with van der Waals surface area (Å²) < 4.78 is 44.6. The molecule has 2 aliphatic carbocycles. The van der Waals surface area contributed by atoms with Crippen LogP contribution in [0.5, 0.6) is 5.88 Å². The lowest BCUT2D eigenvalue weighted by Crippen LogP contribution is -2.57. The van der Waals surface area contributed by atoms with Crippen LogP contribution >= 0.6 is 0 Å². The number of hydrogen-bond donors (Lipinski definition) is 2. The van der Waals surface area contributed by atoms with Gasteiger partial charge in [0.1, 0.15) is 22.9 Å². The van der Waals surface area contributed by atoms with Crippen LogP contribution in [0.3, 0.4) is 0 Å². The van der Waals surface area contributed by atoms with E-state index in [2.05, 4.69) is 31.5 Å². The Hall–Kier alpha value is -4.24. The van der Waals surface area contributed by atoms with Gasteiger partial charge >= 0.3 is 0 Å². The van der Waals surface area contributed by atoms with Crippen molar-refractivity contribution in [3.05, 3.63) is 42.7 Å². The molecule has 6 rings (SSSR count). The summed E-state index contributed by atoms with van der Waals surface area (Å²) in [6, 6.07) is 6.88. The highest BCUT2D eigenvalue weighted by atomic mass is 32.2. The first-order valence-corrected chi connectivity index (χ1v) is 19.4. The largest absolute Gasteiger partial charge is 0.477 e. The summed E-state index contributed by atoms with van der Waals surface area (Å²) in [5, 5.41) is 4.68. The van der Waals surface area contributed by atoms with E-state index in [1.165, 1.54) is 4.90 Å². The number of nitrogens with one attached hydrogen (secondary N) is 2. The van der Waals surface area contributed by atoms with Crippen molar-refractivity contribution in [1.82, 2.24) is 19.9 Å². The Kier molecular flexibility index (Phi) is 10.1. The quantitative estimate of drug-likeness (QED) is 0.198. The van der Waals surface area contributed by atoms with Gasteiger partial charge in [0, 0.05) is 43.2 Å². The molecule has 2 aliphatic heterocycles. The number of aliphatic imine (C=N–C) groups is 1. The Labute approximate surface area is 305 Å². The monoisotopic (exact) mass is 738 g/mol. The van der Waals surface area contributed by atoms with E-state index in [9.17, 15) is 22.8 Å². The number of carbonyl (C=O) groups excluding carboxylic acids is 3. The first kappa shape index (κ1) is 37.5. The highest BCUT2D eigenvalue weighted by Crippen LogP contribution is 2.46. The second-order valence-corrected chi connectivity index (χ2v) is 17.9. The Balaban J connectivity index is 1.21. The number of morpholine rings is 1. The van der Waals surface area contributed by atoms with E-state index in [0.29, 0.717) is 31.9 Å². The van der Waals surface area contributed by atoms with Crippen molar-refractivity contribution in [2.75, 3.05) is 44.4 Å². The molecule has 4 atom stereocenters. The molecule has 1 aromatic heterocycles. The van der Waals surface area contributed by atoms with Gasteiger partial charge in [-0.1, -0.05) is 31.7 Å². The highest BCUT2D eigenvalue weighted by molar-refractivity contribution is 7.91. The van der Waals surface area contributed by atoms with E-state index in [-0.39, 0.29) is 49.4 Å². The van der Waals surface area contributed by atoms with Crippen LogP contribution < -0.4 is 19.7 Å². The molecule has 1 aromatic carbocycles. The molecule has 2 N–H and O–H groups in total. The molecule has 4 aliphatic rings. The molecular formula is C37H50N6O8S. The Morgan fingerprint density at radius 2 is 1.79 bits per heavy atom. The summed E-state index contributed by atoms with van der Waals surface area (Å²) >= 11 is 0. The minimum atomic E-state index is -3.92. The van der Waals surface area contributed by atoms with Crippen LogP contribution in [0, 0.1) is 11.8 Å². The summed E-state index contributed by atoms with van der Waals surface area (Å²) in [6.45, 7) is 17.6.